The maximum Gasteiger partial charge on any atom is 0.262 e. The van der Waals surface area contributed by atoms with Crippen molar-refractivity contribution in [2.45, 2.75) is 37.2 Å². The third-order valence-corrected chi connectivity index (χ3v) is 5.73. The van der Waals surface area contributed by atoms with E-state index in [-0.39, 0.29) is 17.3 Å². The van der Waals surface area contributed by atoms with E-state index in [1.807, 2.05) is 29.5 Å². The molecule has 0 aliphatic rings. The van der Waals surface area contributed by atoms with Crippen LogP contribution < -0.4 is 10.9 Å². The van der Waals surface area contributed by atoms with Crippen LogP contribution in [0.1, 0.15) is 20.3 Å². The molecule has 0 saturated carbocycles. The number of rotatable bonds is 6. The zero-order valence-electron chi connectivity index (χ0n) is 16.5. The smallest absolute Gasteiger partial charge is 0.262 e. The lowest BCUT2D eigenvalue weighted by molar-refractivity contribution is -0.115. The summed E-state index contributed by atoms with van der Waals surface area (Å²) in [5.41, 5.74) is 1.11. The Morgan fingerprint density at radius 3 is 2.63 bits per heavy atom. The Hall–Kier alpha value is -3.20. The first kappa shape index (κ1) is 20.1. The molecule has 0 saturated heterocycles. The van der Waals surface area contributed by atoms with Gasteiger partial charge in [-0.2, -0.15) is 0 Å². The first-order valence-electron chi connectivity index (χ1n) is 9.59. The van der Waals surface area contributed by atoms with Crippen molar-refractivity contribution in [1.82, 2.24) is 19.2 Å². The number of fused-ring (bicyclic) bond motifs is 3. The summed E-state index contributed by atoms with van der Waals surface area (Å²) in [6.45, 7) is 4.28. The molecule has 9 heteroatoms. The Kier molecular flexibility index (Phi) is 5.54. The summed E-state index contributed by atoms with van der Waals surface area (Å²) >= 11 is 1.25. The lowest BCUT2D eigenvalue weighted by atomic mass is 10.2. The lowest BCUT2D eigenvalue weighted by Crippen LogP contribution is -2.24. The Labute approximate surface area is 175 Å². The SMILES string of the molecule is CCCn1c(=O)c2ccccc2n2c(SC(C)C(=O)Nc3ccc(F)cc3)nnc12. The molecule has 2 heterocycles. The van der Waals surface area contributed by atoms with Crippen LogP contribution in [-0.4, -0.2) is 30.3 Å². The third-order valence-electron chi connectivity index (χ3n) is 4.69. The number of carbonyl (C=O) groups excluding carboxylic acids is 1. The lowest BCUT2D eigenvalue weighted by Gasteiger charge is -2.13. The number of hydrogen-bond donors (Lipinski definition) is 1. The second-order valence-corrected chi connectivity index (χ2v) is 8.16. The summed E-state index contributed by atoms with van der Waals surface area (Å²) in [6, 6.07) is 12.9. The van der Waals surface area contributed by atoms with Crippen molar-refractivity contribution < 1.29 is 9.18 Å². The molecule has 0 bridgehead atoms. The summed E-state index contributed by atoms with van der Waals surface area (Å²) in [5, 5.41) is 11.9. The van der Waals surface area contributed by atoms with E-state index >= 15 is 0 Å². The fourth-order valence-electron chi connectivity index (χ4n) is 3.22. The monoisotopic (exact) mass is 425 g/mol. The molecular formula is C21H20FN5O2S. The number of nitrogens with zero attached hydrogens (tertiary/aromatic N) is 4. The van der Waals surface area contributed by atoms with Crippen molar-refractivity contribution >= 4 is 40.0 Å². The number of aryl methyl sites for hydroxylation is 1. The van der Waals surface area contributed by atoms with Crippen molar-refractivity contribution in [1.29, 1.82) is 0 Å². The highest BCUT2D eigenvalue weighted by Gasteiger charge is 2.21. The molecule has 0 spiro atoms. The van der Waals surface area contributed by atoms with Crippen LogP contribution in [0.2, 0.25) is 0 Å². The fraction of sp³-hybridized carbons (Fsp3) is 0.238. The molecule has 0 aliphatic carbocycles. The highest BCUT2D eigenvalue weighted by atomic mass is 32.2. The molecule has 1 amide bonds. The topological polar surface area (TPSA) is 81.3 Å². The predicted molar refractivity (Wildman–Crippen MR) is 115 cm³/mol. The fourth-order valence-corrected chi connectivity index (χ4v) is 4.08. The normalized spacial score (nSPS) is 12.4. The number of aromatic nitrogens is 4. The van der Waals surface area contributed by atoms with Gasteiger partial charge in [-0.05, 0) is 49.7 Å². The van der Waals surface area contributed by atoms with Crippen LogP contribution in [0.3, 0.4) is 0 Å². The minimum atomic E-state index is -0.493. The van der Waals surface area contributed by atoms with E-state index in [9.17, 15) is 14.0 Å². The van der Waals surface area contributed by atoms with Gasteiger partial charge in [0.1, 0.15) is 5.82 Å². The van der Waals surface area contributed by atoms with Crippen LogP contribution in [0, 0.1) is 5.82 Å². The number of para-hydroxylation sites is 1. The summed E-state index contributed by atoms with van der Waals surface area (Å²) in [7, 11) is 0. The van der Waals surface area contributed by atoms with Crippen molar-refractivity contribution in [3.8, 4) is 0 Å². The molecule has 2 aromatic heterocycles. The maximum atomic E-state index is 13.1. The Morgan fingerprint density at radius 1 is 1.17 bits per heavy atom. The quantitative estimate of drug-likeness (QED) is 0.476. The number of nitrogens with one attached hydrogen (secondary N) is 1. The number of carbonyl (C=O) groups is 1. The summed E-state index contributed by atoms with van der Waals surface area (Å²) in [4.78, 5) is 25.5. The van der Waals surface area contributed by atoms with Gasteiger partial charge in [0.2, 0.25) is 11.7 Å². The molecule has 30 heavy (non-hydrogen) atoms. The Morgan fingerprint density at radius 2 is 1.90 bits per heavy atom. The van der Waals surface area contributed by atoms with E-state index < -0.39 is 5.25 Å². The van der Waals surface area contributed by atoms with E-state index in [1.54, 1.807) is 17.6 Å². The molecule has 154 valence electrons. The molecule has 1 N–H and O–H groups in total. The van der Waals surface area contributed by atoms with Gasteiger partial charge in [-0.3, -0.25) is 18.6 Å². The van der Waals surface area contributed by atoms with Gasteiger partial charge in [0.25, 0.3) is 5.56 Å². The van der Waals surface area contributed by atoms with Crippen molar-refractivity contribution in [3.05, 3.63) is 64.7 Å². The maximum absolute atomic E-state index is 13.1. The molecular weight excluding hydrogens is 405 g/mol. The van der Waals surface area contributed by atoms with Gasteiger partial charge >= 0.3 is 0 Å². The minimum Gasteiger partial charge on any atom is -0.325 e. The number of hydrogen-bond acceptors (Lipinski definition) is 5. The molecule has 0 radical (unpaired) electrons. The van der Waals surface area contributed by atoms with Crippen molar-refractivity contribution in [3.63, 3.8) is 0 Å². The highest BCUT2D eigenvalue weighted by Crippen LogP contribution is 2.26. The van der Waals surface area contributed by atoms with E-state index in [4.69, 9.17) is 0 Å². The Bertz CT molecular complexity index is 1280. The molecule has 1 atom stereocenters. The van der Waals surface area contributed by atoms with Crippen molar-refractivity contribution in [2.75, 3.05) is 5.32 Å². The van der Waals surface area contributed by atoms with Gasteiger partial charge in [0.15, 0.2) is 5.16 Å². The van der Waals surface area contributed by atoms with Crippen LogP contribution in [0.4, 0.5) is 10.1 Å². The van der Waals surface area contributed by atoms with Crippen LogP contribution in [0.25, 0.3) is 16.7 Å². The van der Waals surface area contributed by atoms with Gasteiger partial charge in [-0.25, -0.2) is 4.39 Å². The molecule has 0 aliphatic heterocycles. The second kappa shape index (κ2) is 8.27. The first-order valence-corrected chi connectivity index (χ1v) is 10.5. The number of benzene rings is 2. The van der Waals surface area contributed by atoms with E-state index in [1.165, 1.54) is 36.0 Å². The number of halogens is 1. The Balaban J connectivity index is 1.70. The van der Waals surface area contributed by atoms with Gasteiger partial charge in [-0.1, -0.05) is 30.8 Å². The van der Waals surface area contributed by atoms with Crippen LogP contribution in [-0.2, 0) is 11.3 Å². The average molecular weight is 425 g/mol. The first-order chi connectivity index (χ1) is 14.5. The molecule has 0 fully saturated rings. The predicted octanol–water partition coefficient (Wildman–Crippen LogP) is 3.71. The highest BCUT2D eigenvalue weighted by molar-refractivity contribution is 8.00. The average Bonchev–Trinajstić information content (AvgIpc) is 3.16. The molecule has 4 rings (SSSR count). The van der Waals surface area contributed by atoms with E-state index in [2.05, 4.69) is 15.5 Å². The molecule has 1 unspecified atom stereocenters. The molecule has 4 aromatic rings. The largest absolute Gasteiger partial charge is 0.325 e. The van der Waals surface area contributed by atoms with E-state index in [0.29, 0.717) is 34.1 Å². The van der Waals surface area contributed by atoms with Gasteiger partial charge in [0, 0.05) is 12.2 Å². The number of thioether (sulfide) groups is 1. The van der Waals surface area contributed by atoms with Gasteiger partial charge < -0.3 is 5.32 Å². The second-order valence-electron chi connectivity index (χ2n) is 6.85. The van der Waals surface area contributed by atoms with Crippen LogP contribution in [0.15, 0.2) is 58.5 Å². The van der Waals surface area contributed by atoms with E-state index in [0.717, 1.165) is 6.42 Å². The summed E-state index contributed by atoms with van der Waals surface area (Å²) in [5.74, 6) is -0.154. The van der Waals surface area contributed by atoms with Crippen molar-refractivity contribution in [2.24, 2.45) is 0 Å². The van der Waals surface area contributed by atoms with Gasteiger partial charge in [0.05, 0.1) is 16.2 Å². The van der Waals surface area contributed by atoms with Gasteiger partial charge in [-0.15, -0.1) is 10.2 Å². The summed E-state index contributed by atoms with van der Waals surface area (Å²) < 4.78 is 16.5. The van der Waals surface area contributed by atoms with Crippen LogP contribution >= 0.6 is 11.8 Å². The van der Waals surface area contributed by atoms with Crippen LogP contribution in [0.5, 0.6) is 0 Å². The number of anilines is 1. The minimum absolute atomic E-state index is 0.106. The summed E-state index contributed by atoms with van der Waals surface area (Å²) in [6.07, 6.45) is 0.778. The molecule has 2 aromatic carbocycles. The zero-order valence-corrected chi connectivity index (χ0v) is 17.3. The molecule has 7 nitrogen and oxygen atoms in total. The number of amides is 1. The zero-order chi connectivity index (χ0) is 21.3. The standard InChI is InChI=1S/C21H20FN5O2S/c1-3-12-26-19(29)16-6-4-5-7-17(16)27-20(26)24-25-21(27)30-13(2)18(28)23-15-10-8-14(22)9-11-15/h4-11,13H,3,12H2,1-2H3,(H,23,28). The third kappa shape index (κ3) is 3.68.